The summed E-state index contributed by atoms with van der Waals surface area (Å²) >= 11 is 0. The van der Waals surface area contributed by atoms with E-state index in [4.69, 9.17) is 9.15 Å². The third-order valence-corrected chi connectivity index (χ3v) is 5.54. The van der Waals surface area contributed by atoms with E-state index in [1.54, 1.807) is 7.11 Å². The van der Waals surface area contributed by atoms with Crippen molar-refractivity contribution >= 4 is 16.7 Å². The van der Waals surface area contributed by atoms with Crippen LogP contribution in [0.15, 0.2) is 71.1 Å². The fraction of sp³-hybridized carbons (Fsp3) is 0.269. The molecule has 0 aliphatic heterocycles. The van der Waals surface area contributed by atoms with Crippen LogP contribution in [-0.4, -0.2) is 23.2 Å². The van der Waals surface area contributed by atoms with Gasteiger partial charge in [-0.05, 0) is 41.3 Å². The summed E-state index contributed by atoms with van der Waals surface area (Å²) in [5, 5.41) is 13.6. The Labute approximate surface area is 187 Å². The minimum absolute atomic E-state index is 0.0424. The van der Waals surface area contributed by atoms with Crippen LogP contribution in [0.2, 0.25) is 0 Å². The molecule has 0 spiro atoms. The molecule has 3 aromatic carbocycles. The van der Waals surface area contributed by atoms with Gasteiger partial charge in [0.1, 0.15) is 5.75 Å². The summed E-state index contributed by atoms with van der Waals surface area (Å²) < 4.78 is 11.1. The molecule has 0 saturated heterocycles. The van der Waals surface area contributed by atoms with Crippen LogP contribution in [0.3, 0.4) is 0 Å². The zero-order valence-corrected chi connectivity index (χ0v) is 18.4. The van der Waals surface area contributed by atoms with Gasteiger partial charge in [-0.15, -0.1) is 10.2 Å². The largest absolute Gasteiger partial charge is 0.496 e. The highest BCUT2D eigenvalue weighted by atomic mass is 16.5. The minimum atomic E-state index is -0.0901. The van der Waals surface area contributed by atoms with Gasteiger partial charge in [-0.1, -0.05) is 60.7 Å². The third-order valence-electron chi connectivity index (χ3n) is 5.54. The Kier molecular flexibility index (Phi) is 6.80. The lowest BCUT2D eigenvalue weighted by Gasteiger charge is -2.16. The molecule has 1 heterocycles. The second kappa shape index (κ2) is 10.1. The maximum Gasteiger partial charge on any atom is 0.220 e. The number of hydrogen-bond donors (Lipinski definition) is 1. The van der Waals surface area contributed by atoms with Crippen molar-refractivity contribution in [3.05, 3.63) is 89.6 Å². The van der Waals surface area contributed by atoms with Crippen LogP contribution >= 0.6 is 0 Å². The molecule has 6 nitrogen and oxygen atoms in total. The van der Waals surface area contributed by atoms with Crippen LogP contribution in [0, 0.1) is 0 Å². The molecule has 1 amide bonds. The highest BCUT2D eigenvalue weighted by Crippen LogP contribution is 2.24. The molecule has 0 aliphatic carbocycles. The number of nitrogens with one attached hydrogen (secondary N) is 1. The number of ether oxygens (including phenoxy) is 1. The zero-order chi connectivity index (χ0) is 22.3. The molecule has 6 heteroatoms. The van der Waals surface area contributed by atoms with E-state index in [1.165, 1.54) is 0 Å². The molecule has 0 radical (unpaired) electrons. The van der Waals surface area contributed by atoms with Gasteiger partial charge in [0.15, 0.2) is 0 Å². The molecule has 4 aromatic rings. The van der Waals surface area contributed by atoms with Crippen molar-refractivity contribution in [2.24, 2.45) is 0 Å². The molecule has 1 atom stereocenters. The van der Waals surface area contributed by atoms with Crippen LogP contribution in [-0.2, 0) is 24.1 Å². The quantitative estimate of drug-likeness (QED) is 0.412. The smallest absolute Gasteiger partial charge is 0.220 e. The van der Waals surface area contributed by atoms with Gasteiger partial charge in [0.05, 0.1) is 13.2 Å². The number of fused-ring (bicyclic) bond motifs is 1. The van der Waals surface area contributed by atoms with E-state index in [2.05, 4.69) is 39.8 Å². The number of aromatic nitrogens is 2. The Morgan fingerprint density at radius 1 is 0.938 bits per heavy atom. The van der Waals surface area contributed by atoms with Gasteiger partial charge in [0.2, 0.25) is 17.7 Å². The summed E-state index contributed by atoms with van der Waals surface area (Å²) in [6.07, 6.45) is 2.07. The van der Waals surface area contributed by atoms with Gasteiger partial charge < -0.3 is 14.5 Å². The SMILES string of the molecule is COc1ccccc1CCc1nnc(CCC(=O)NC(C)c2cccc3ccccc23)o1. The second-order valence-electron chi connectivity index (χ2n) is 7.76. The van der Waals surface area contributed by atoms with E-state index >= 15 is 0 Å². The number of nitrogens with zero attached hydrogens (tertiary/aromatic N) is 2. The number of aryl methyl sites for hydroxylation is 3. The summed E-state index contributed by atoms with van der Waals surface area (Å²) in [4.78, 5) is 12.5. The maximum absolute atomic E-state index is 12.5. The van der Waals surface area contributed by atoms with Crippen molar-refractivity contribution < 1.29 is 13.9 Å². The summed E-state index contributed by atoms with van der Waals surface area (Å²) in [5.74, 6) is 1.85. The number of methoxy groups -OCH3 is 1. The first kappa shape index (κ1) is 21.6. The summed E-state index contributed by atoms with van der Waals surface area (Å²) in [5.41, 5.74) is 2.20. The molecule has 32 heavy (non-hydrogen) atoms. The Bertz CT molecular complexity index is 1200. The highest BCUT2D eigenvalue weighted by Gasteiger charge is 2.14. The second-order valence-corrected chi connectivity index (χ2v) is 7.76. The van der Waals surface area contributed by atoms with Crippen LogP contribution in [0.25, 0.3) is 10.8 Å². The first-order valence-corrected chi connectivity index (χ1v) is 10.8. The first-order valence-electron chi connectivity index (χ1n) is 10.8. The van der Waals surface area contributed by atoms with E-state index in [1.807, 2.05) is 49.4 Å². The van der Waals surface area contributed by atoms with Gasteiger partial charge in [0, 0.05) is 19.3 Å². The molecular weight excluding hydrogens is 402 g/mol. The molecule has 0 bridgehead atoms. The molecule has 1 N–H and O–H groups in total. The average molecular weight is 430 g/mol. The molecule has 1 unspecified atom stereocenters. The van der Waals surface area contributed by atoms with Gasteiger partial charge >= 0.3 is 0 Å². The zero-order valence-electron chi connectivity index (χ0n) is 18.4. The molecule has 164 valence electrons. The van der Waals surface area contributed by atoms with Gasteiger partial charge in [0.25, 0.3) is 0 Å². The number of carbonyl (C=O) groups is 1. The number of rotatable bonds is 9. The topological polar surface area (TPSA) is 77.2 Å². The molecule has 0 fully saturated rings. The van der Waals surface area contributed by atoms with Crippen molar-refractivity contribution in [2.45, 2.75) is 38.6 Å². The van der Waals surface area contributed by atoms with E-state index in [0.717, 1.165) is 34.1 Å². The Hall–Kier alpha value is -3.67. The number of benzene rings is 3. The third kappa shape index (κ3) is 5.14. The predicted molar refractivity (Wildman–Crippen MR) is 124 cm³/mol. The van der Waals surface area contributed by atoms with Crippen molar-refractivity contribution in [1.82, 2.24) is 15.5 Å². The van der Waals surface area contributed by atoms with Gasteiger partial charge in [-0.25, -0.2) is 0 Å². The molecule has 4 rings (SSSR count). The van der Waals surface area contributed by atoms with Crippen molar-refractivity contribution in [3.8, 4) is 5.75 Å². The van der Waals surface area contributed by atoms with Crippen molar-refractivity contribution in [3.63, 3.8) is 0 Å². The standard InChI is InChI=1S/C26H27N3O3/c1-18(21-12-7-10-19-8-3-5-11-22(19)21)27-24(30)15-17-26-29-28-25(32-26)16-14-20-9-4-6-13-23(20)31-2/h3-13,18H,14-17H2,1-2H3,(H,27,30). The average Bonchev–Trinajstić information content (AvgIpc) is 3.29. The molecule has 0 aliphatic rings. The lowest BCUT2D eigenvalue weighted by Crippen LogP contribution is -2.27. The van der Waals surface area contributed by atoms with Crippen LogP contribution in [0.4, 0.5) is 0 Å². The number of para-hydroxylation sites is 1. The van der Waals surface area contributed by atoms with Crippen LogP contribution in [0.5, 0.6) is 5.75 Å². The number of hydrogen-bond acceptors (Lipinski definition) is 5. The fourth-order valence-corrected chi connectivity index (χ4v) is 3.88. The summed E-state index contributed by atoms with van der Waals surface area (Å²) in [6.45, 7) is 2.00. The van der Waals surface area contributed by atoms with Crippen molar-refractivity contribution in [2.75, 3.05) is 7.11 Å². The fourth-order valence-electron chi connectivity index (χ4n) is 3.88. The molecular formula is C26H27N3O3. The highest BCUT2D eigenvalue weighted by molar-refractivity contribution is 5.86. The van der Waals surface area contributed by atoms with Crippen molar-refractivity contribution in [1.29, 1.82) is 0 Å². The normalized spacial score (nSPS) is 11.9. The van der Waals surface area contributed by atoms with E-state index in [0.29, 0.717) is 31.0 Å². The summed E-state index contributed by atoms with van der Waals surface area (Å²) in [7, 11) is 1.66. The van der Waals surface area contributed by atoms with E-state index in [9.17, 15) is 4.79 Å². The van der Waals surface area contributed by atoms with Gasteiger partial charge in [-0.2, -0.15) is 0 Å². The lowest BCUT2D eigenvalue weighted by molar-refractivity contribution is -0.121. The van der Waals surface area contributed by atoms with Crippen LogP contribution in [0.1, 0.15) is 42.3 Å². The molecule has 1 aromatic heterocycles. The molecule has 0 saturated carbocycles. The lowest BCUT2D eigenvalue weighted by atomic mass is 9.99. The predicted octanol–water partition coefficient (Wildman–Crippen LogP) is 4.83. The monoisotopic (exact) mass is 429 g/mol. The first-order chi connectivity index (χ1) is 15.6. The van der Waals surface area contributed by atoms with Gasteiger partial charge in [-0.3, -0.25) is 4.79 Å². The maximum atomic E-state index is 12.5. The van der Waals surface area contributed by atoms with E-state index < -0.39 is 0 Å². The van der Waals surface area contributed by atoms with Crippen LogP contribution < -0.4 is 10.1 Å². The Morgan fingerprint density at radius 2 is 1.66 bits per heavy atom. The number of carbonyl (C=O) groups excluding carboxylic acids is 1. The summed E-state index contributed by atoms with van der Waals surface area (Å²) in [6, 6.07) is 22.1. The van der Waals surface area contributed by atoms with E-state index in [-0.39, 0.29) is 11.9 Å². The number of amides is 1. The Balaban J connectivity index is 1.29. The minimum Gasteiger partial charge on any atom is -0.496 e. The Morgan fingerprint density at radius 3 is 2.50 bits per heavy atom.